The molecule has 3 aromatic rings. The van der Waals surface area contributed by atoms with E-state index in [1.807, 2.05) is 48.9 Å². The second-order valence-corrected chi connectivity index (χ2v) is 7.03. The molecule has 1 aliphatic heterocycles. The lowest BCUT2D eigenvalue weighted by Crippen LogP contribution is -2.44. The average molecular weight is 386 g/mol. The summed E-state index contributed by atoms with van der Waals surface area (Å²) in [5.41, 5.74) is 0.905. The van der Waals surface area contributed by atoms with Crippen LogP contribution in [0.4, 0.5) is 8.78 Å². The van der Waals surface area contributed by atoms with Crippen molar-refractivity contribution in [2.75, 3.05) is 6.54 Å². The fourth-order valence-corrected chi connectivity index (χ4v) is 3.52. The summed E-state index contributed by atoms with van der Waals surface area (Å²) >= 11 is 0. The standard InChI is InChI=1S/C19H20F2N6O/c1-12(2)15-17-22-16(13-6-4-3-5-7-13)24-26(17)11-10-25(15)18(28)14-8-9-27(23-14)19(20)21/h3-9,12,15,19H,10-11H2,1-2H3/t15-/m0/s1. The van der Waals surface area contributed by atoms with Gasteiger partial charge in [0.05, 0.1) is 12.6 Å². The first-order valence-corrected chi connectivity index (χ1v) is 9.10. The molecule has 146 valence electrons. The Morgan fingerprint density at radius 1 is 1.11 bits per heavy atom. The first-order valence-electron chi connectivity index (χ1n) is 9.10. The SMILES string of the molecule is CC(C)[C@H]1c2nc(-c3ccccc3)nn2CCN1C(=O)c1ccn(C(F)F)n1. The summed E-state index contributed by atoms with van der Waals surface area (Å²) in [6.45, 7) is 2.11. The van der Waals surface area contributed by atoms with Crippen LogP contribution in [0.5, 0.6) is 0 Å². The molecule has 3 heterocycles. The minimum atomic E-state index is -2.78. The molecule has 0 saturated heterocycles. The van der Waals surface area contributed by atoms with Gasteiger partial charge in [0.15, 0.2) is 17.3 Å². The highest BCUT2D eigenvalue weighted by molar-refractivity contribution is 5.92. The average Bonchev–Trinajstić information content (AvgIpc) is 3.34. The highest BCUT2D eigenvalue weighted by atomic mass is 19.3. The molecule has 0 saturated carbocycles. The number of hydrogen-bond acceptors (Lipinski definition) is 4. The van der Waals surface area contributed by atoms with E-state index < -0.39 is 6.55 Å². The lowest BCUT2D eigenvalue weighted by Gasteiger charge is -2.37. The van der Waals surface area contributed by atoms with Gasteiger partial charge < -0.3 is 4.90 Å². The summed E-state index contributed by atoms with van der Waals surface area (Å²) in [7, 11) is 0. The van der Waals surface area contributed by atoms with Crippen LogP contribution in [0.2, 0.25) is 0 Å². The Bertz CT molecular complexity index is 981. The van der Waals surface area contributed by atoms with Crippen molar-refractivity contribution in [1.29, 1.82) is 0 Å². The smallest absolute Gasteiger partial charge is 0.325 e. The summed E-state index contributed by atoms with van der Waals surface area (Å²) in [6.07, 6.45) is 1.11. The molecule has 0 aliphatic carbocycles. The molecule has 2 aromatic heterocycles. The van der Waals surface area contributed by atoms with Crippen LogP contribution < -0.4 is 0 Å². The van der Waals surface area contributed by atoms with Crippen molar-refractivity contribution in [1.82, 2.24) is 29.4 Å². The molecule has 1 aliphatic rings. The maximum absolute atomic E-state index is 13.0. The van der Waals surface area contributed by atoms with E-state index in [9.17, 15) is 13.6 Å². The molecule has 0 bridgehead atoms. The van der Waals surface area contributed by atoms with Gasteiger partial charge in [-0.05, 0) is 12.0 Å². The first kappa shape index (κ1) is 18.3. The molecule has 4 rings (SSSR count). The number of benzene rings is 1. The van der Waals surface area contributed by atoms with Gasteiger partial charge >= 0.3 is 6.55 Å². The summed E-state index contributed by atoms with van der Waals surface area (Å²) < 4.78 is 27.9. The Hall–Kier alpha value is -3.10. The van der Waals surface area contributed by atoms with E-state index in [4.69, 9.17) is 4.98 Å². The third-order valence-corrected chi connectivity index (χ3v) is 4.81. The molecular formula is C19H20F2N6O. The van der Waals surface area contributed by atoms with Gasteiger partial charge in [-0.3, -0.25) is 4.79 Å². The number of nitrogens with zero attached hydrogens (tertiary/aromatic N) is 6. The normalized spacial score (nSPS) is 16.6. The summed E-state index contributed by atoms with van der Waals surface area (Å²) in [5.74, 6) is 0.987. The monoisotopic (exact) mass is 386 g/mol. The largest absolute Gasteiger partial charge is 0.333 e. The Morgan fingerprint density at radius 2 is 1.86 bits per heavy atom. The second kappa shape index (κ2) is 7.14. The van der Waals surface area contributed by atoms with Gasteiger partial charge in [-0.2, -0.15) is 19.0 Å². The minimum absolute atomic E-state index is 0.00204. The number of carbonyl (C=O) groups is 1. The van der Waals surface area contributed by atoms with E-state index in [1.165, 1.54) is 6.07 Å². The number of amides is 1. The van der Waals surface area contributed by atoms with Crippen molar-refractivity contribution in [3.05, 3.63) is 54.1 Å². The quantitative estimate of drug-likeness (QED) is 0.689. The van der Waals surface area contributed by atoms with E-state index in [0.717, 1.165) is 11.8 Å². The van der Waals surface area contributed by atoms with Gasteiger partial charge in [-0.15, -0.1) is 0 Å². The third kappa shape index (κ3) is 3.17. The van der Waals surface area contributed by atoms with Crippen molar-refractivity contribution >= 4 is 5.91 Å². The lowest BCUT2D eigenvalue weighted by molar-refractivity contribution is 0.0490. The second-order valence-electron chi connectivity index (χ2n) is 7.03. The minimum Gasteiger partial charge on any atom is -0.325 e. The number of hydrogen-bond donors (Lipinski definition) is 0. The van der Waals surface area contributed by atoms with Crippen molar-refractivity contribution in [2.45, 2.75) is 33.0 Å². The highest BCUT2D eigenvalue weighted by Gasteiger charge is 2.37. The molecule has 28 heavy (non-hydrogen) atoms. The van der Waals surface area contributed by atoms with Gasteiger partial charge in [0, 0.05) is 18.3 Å². The summed E-state index contributed by atoms with van der Waals surface area (Å²) in [5, 5.41) is 8.32. The molecule has 1 amide bonds. The van der Waals surface area contributed by atoms with Crippen molar-refractivity contribution in [2.24, 2.45) is 5.92 Å². The predicted octanol–water partition coefficient (Wildman–Crippen LogP) is 3.39. The van der Waals surface area contributed by atoms with Crippen LogP contribution in [0.1, 0.15) is 42.8 Å². The Labute approximate surface area is 160 Å². The van der Waals surface area contributed by atoms with Crippen LogP contribution in [-0.4, -0.2) is 41.9 Å². The molecule has 9 heteroatoms. The Morgan fingerprint density at radius 3 is 2.50 bits per heavy atom. The van der Waals surface area contributed by atoms with E-state index in [0.29, 0.717) is 29.4 Å². The molecule has 0 radical (unpaired) electrons. The zero-order chi connectivity index (χ0) is 19.8. The van der Waals surface area contributed by atoms with Crippen LogP contribution in [0.3, 0.4) is 0 Å². The van der Waals surface area contributed by atoms with Crippen LogP contribution in [0.15, 0.2) is 42.6 Å². The molecular weight excluding hydrogens is 366 g/mol. The van der Waals surface area contributed by atoms with Crippen molar-refractivity contribution in [3.63, 3.8) is 0 Å². The molecule has 0 unspecified atom stereocenters. The van der Waals surface area contributed by atoms with Gasteiger partial charge in [0.2, 0.25) is 0 Å². The zero-order valence-electron chi connectivity index (χ0n) is 15.5. The molecule has 0 N–H and O–H groups in total. The number of carbonyl (C=O) groups excluding carboxylic acids is 1. The van der Waals surface area contributed by atoms with Gasteiger partial charge in [-0.25, -0.2) is 14.3 Å². The fourth-order valence-electron chi connectivity index (χ4n) is 3.52. The molecule has 1 aromatic carbocycles. The van der Waals surface area contributed by atoms with E-state index in [2.05, 4.69) is 10.2 Å². The zero-order valence-corrected chi connectivity index (χ0v) is 15.5. The highest BCUT2D eigenvalue weighted by Crippen LogP contribution is 2.33. The maximum atomic E-state index is 13.0. The number of alkyl halides is 2. The summed E-state index contributed by atoms with van der Waals surface area (Å²) in [6, 6.07) is 10.6. The fraction of sp³-hybridized carbons (Fsp3) is 0.368. The van der Waals surface area contributed by atoms with Gasteiger partial charge in [-0.1, -0.05) is 44.2 Å². The molecule has 0 spiro atoms. The predicted molar refractivity (Wildman–Crippen MR) is 97.6 cm³/mol. The molecule has 7 nitrogen and oxygen atoms in total. The number of rotatable bonds is 4. The number of halogens is 2. The Balaban J connectivity index is 1.68. The van der Waals surface area contributed by atoms with Crippen molar-refractivity contribution in [3.8, 4) is 11.4 Å². The maximum Gasteiger partial charge on any atom is 0.333 e. The van der Waals surface area contributed by atoms with Gasteiger partial charge in [0.25, 0.3) is 5.91 Å². The topological polar surface area (TPSA) is 68.8 Å². The summed E-state index contributed by atoms with van der Waals surface area (Å²) in [4.78, 5) is 19.3. The number of aromatic nitrogens is 5. The van der Waals surface area contributed by atoms with Crippen LogP contribution >= 0.6 is 0 Å². The Kier molecular flexibility index (Phi) is 4.66. The van der Waals surface area contributed by atoms with Crippen LogP contribution in [0, 0.1) is 5.92 Å². The first-order chi connectivity index (χ1) is 13.5. The lowest BCUT2D eigenvalue weighted by atomic mass is 9.99. The number of fused-ring (bicyclic) bond motifs is 1. The van der Waals surface area contributed by atoms with E-state index in [-0.39, 0.29) is 23.6 Å². The third-order valence-electron chi connectivity index (χ3n) is 4.81. The van der Waals surface area contributed by atoms with E-state index >= 15 is 0 Å². The van der Waals surface area contributed by atoms with Crippen LogP contribution in [0.25, 0.3) is 11.4 Å². The van der Waals surface area contributed by atoms with Crippen LogP contribution in [-0.2, 0) is 6.54 Å². The molecule has 1 atom stereocenters. The van der Waals surface area contributed by atoms with E-state index in [1.54, 1.807) is 4.90 Å². The molecule has 0 fully saturated rings. The van der Waals surface area contributed by atoms with Crippen molar-refractivity contribution < 1.29 is 13.6 Å². The van der Waals surface area contributed by atoms with Gasteiger partial charge in [0.1, 0.15) is 0 Å².